The van der Waals surface area contributed by atoms with Gasteiger partial charge in [0, 0.05) is 25.9 Å². The number of carbonyl (C=O) groups excluding carboxylic acids is 2. The molecule has 70 valence electrons. The van der Waals surface area contributed by atoms with Crippen molar-refractivity contribution in [3.63, 3.8) is 0 Å². The molecule has 0 atom stereocenters. The van der Waals surface area contributed by atoms with E-state index in [2.05, 4.69) is 0 Å². The van der Waals surface area contributed by atoms with Crippen LogP contribution < -0.4 is 0 Å². The zero-order valence-electron chi connectivity index (χ0n) is 7.45. The van der Waals surface area contributed by atoms with Crippen LogP contribution in [0.15, 0.2) is 0 Å². The van der Waals surface area contributed by atoms with E-state index in [1.54, 1.807) is 0 Å². The van der Waals surface area contributed by atoms with Crippen molar-refractivity contribution in [3.8, 4) is 0 Å². The maximum absolute atomic E-state index is 11.5. The van der Waals surface area contributed by atoms with Crippen LogP contribution in [0, 0.1) is 0 Å². The van der Waals surface area contributed by atoms with Crippen LogP contribution in [0.1, 0.15) is 25.7 Å². The van der Waals surface area contributed by atoms with Crippen LogP contribution in [0.2, 0.25) is 0 Å². The molecule has 0 aliphatic carbocycles. The molecule has 0 radical (unpaired) electrons. The molecule has 3 aliphatic rings. The molecule has 0 aromatic heterocycles. The van der Waals surface area contributed by atoms with Gasteiger partial charge in [-0.2, -0.15) is 0 Å². The molecular formula is C9H12N2O2. The van der Waals surface area contributed by atoms with Crippen LogP contribution in [0.5, 0.6) is 0 Å². The standard InChI is InChI=1S/C9H12N2O2/c12-7-1-3-9-4-2-8(13)11(9)6-5-10(7)9/h1-6H2. The average molecular weight is 180 g/mol. The lowest BCUT2D eigenvalue weighted by Crippen LogP contribution is -2.47. The summed E-state index contributed by atoms with van der Waals surface area (Å²) in [4.78, 5) is 26.8. The van der Waals surface area contributed by atoms with E-state index in [9.17, 15) is 9.59 Å². The third-order valence-electron chi connectivity index (χ3n) is 3.63. The number of carbonyl (C=O) groups is 2. The van der Waals surface area contributed by atoms with Gasteiger partial charge in [0.2, 0.25) is 11.8 Å². The molecule has 1 spiro atoms. The molecule has 3 saturated heterocycles. The van der Waals surface area contributed by atoms with E-state index >= 15 is 0 Å². The second-order valence-corrected chi connectivity index (χ2v) is 4.07. The predicted octanol–water partition coefficient (Wildman–Crippen LogP) is -0.0589. The van der Waals surface area contributed by atoms with Gasteiger partial charge in [-0.1, -0.05) is 0 Å². The molecule has 4 nitrogen and oxygen atoms in total. The van der Waals surface area contributed by atoms with Gasteiger partial charge in [0.15, 0.2) is 0 Å². The summed E-state index contributed by atoms with van der Waals surface area (Å²) in [6.07, 6.45) is 2.97. The Hall–Kier alpha value is -1.06. The maximum Gasteiger partial charge on any atom is 0.224 e. The summed E-state index contributed by atoms with van der Waals surface area (Å²) in [6, 6.07) is 0. The molecule has 0 aromatic carbocycles. The first kappa shape index (κ1) is 7.35. The van der Waals surface area contributed by atoms with E-state index in [1.807, 2.05) is 9.80 Å². The van der Waals surface area contributed by atoms with Crippen LogP contribution in [0.4, 0.5) is 0 Å². The molecular weight excluding hydrogens is 168 g/mol. The number of rotatable bonds is 0. The number of amides is 2. The Morgan fingerprint density at radius 1 is 0.923 bits per heavy atom. The van der Waals surface area contributed by atoms with Crippen molar-refractivity contribution in [1.82, 2.24) is 9.80 Å². The van der Waals surface area contributed by atoms with Gasteiger partial charge in [0.1, 0.15) is 5.66 Å². The van der Waals surface area contributed by atoms with Crippen molar-refractivity contribution in [1.29, 1.82) is 0 Å². The minimum Gasteiger partial charge on any atom is -0.318 e. The SMILES string of the molecule is O=C1CCC23CCC(=O)N2CCN13. The fourth-order valence-corrected chi connectivity index (χ4v) is 3.02. The quantitative estimate of drug-likeness (QED) is 0.524. The van der Waals surface area contributed by atoms with E-state index in [0.717, 1.165) is 25.9 Å². The topological polar surface area (TPSA) is 40.6 Å². The van der Waals surface area contributed by atoms with Gasteiger partial charge in [-0.25, -0.2) is 0 Å². The number of hydrogen-bond acceptors (Lipinski definition) is 2. The highest BCUT2D eigenvalue weighted by molar-refractivity contribution is 5.86. The minimum atomic E-state index is -0.172. The summed E-state index contributed by atoms with van der Waals surface area (Å²) < 4.78 is 0. The number of hydrogen-bond donors (Lipinski definition) is 0. The molecule has 13 heavy (non-hydrogen) atoms. The molecule has 0 bridgehead atoms. The van der Waals surface area contributed by atoms with Crippen LogP contribution in [-0.4, -0.2) is 40.4 Å². The fraction of sp³-hybridized carbons (Fsp3) is 0.778. The van der Waals surface area contributed by atoms with Gasteiger partial charge in [-0.05, 0) is 12.8 Å². The first-order valence-electron chi connectivity index (χ1n) is 4.85. The number of nitrogens with zero attached hydrogens (tertiary/aromatic N) is 2. The van der Waals surface area contributed by atoms with Crippen LogP contribution >= 0.6 is 0 Å². The summed E-state index contributed by atoms with van der Waals surface area (Å²) in [6.45, 7) is 1.51. The van der Waals surface area contributed by atoms with Crippen molar-refractivity contribution < 1.29 is 9.59 Å². The molecule has 0 saturated carbocycles. The molecule has 0 unspecified atom stereocenters. The molecule has 2 amide bonds. The molecule has 3 aliphatic heterocycles. The van der Waals surface area contributed by atoms with Crippen molar-refractivity contribution in [3.05, 3.63) is 0 Å². The molecule has 3 fully saturated rings. The minimum absolute atomic E-state index is 0.172. The van der Waals surface area contributed by atoms with Gasteiger partial charge < -0.3 is 9.80 Å². The van der Waals surface area contributed by atoms with E-state index in [1.165, 1.54) is 0 Å². The van der Waals surface area contributed by atoms with Gasteiger partial charge in [-0.3, -0.25) is 9.59 Å². The Labute approximate surface area is 76.5 Å². The van der Waals surface area contributed by atoms with Gasteiger partial charge in [0.25, 0.3) is 0 Å². The lowest BCUT2D eigenvalue weighted by Gasteiger charge is -2.32. The highest BCUT2D eigenvalue weighted by atomic mass is 16.2. The Balaban J connectivity index is 2.04. The predicted molar refractivity (Wildman–Crippen MR) is 44.6 cm³/mol. The van der Waals surface area contributed by atoms with Crippen molar-refractivity contribution >= 4 is 11.8 Å². The maximum atomic E-state index is 11.5. The van der Waals surface area contributed by atoms with Gasteiger partial charge >= 0.3 is 0 Å². The van der Waals surface area contributed by atoms with Gasteiger partial charge in [0.05, 0.1) is 0 Å². The lowest BCUT2D eigenvalue weighted by molar-refractivity contribution is -0.134. The summed E-state index contributed by atoms with van der Waals surface area (Å²) in [7, 11) is 0. The van der Waals surface area contributed by atoms with E-state index in [4.69, 9.17) is 0 Å². The molecule has 0 aromatic rings. The van der Waals surface area contributed by atoms with E-state index in [-0.39, 0.29) is 17.5 Å². The van der Waals surface area contributed by atoms with Crippen molar-refractivity contribution in [2.75, 3.05) is 13.1 Å². The first-order chi connectivity index (χ1) is 6.24. The monoisotopic (exact) mass is 180 g/mol. The van der Waals surface area contributed by atoms with Crippen molar-refractivity contribution in [2.45, 2.75) is 31.3 Å². The Bertz CT molecular complexity index is 270. The summed E-state index contributed by atoms with van der Waals surface area (Å²) in [5.41, 5.74) is -0.172. The fourth-order valence-electron chi connectivity index (χ4n) is 3.02. The van der Waals surface area contributed by atoms with E-state index in [0.29, 0.717) is 12.8 Å². The van der Waals surface area contributed by atoms with Crippen LogP contribution in [0.3, 0.4) is 0 Å². The van der Waals surface area contributed by atoms with E-state index < -0.39 is 0 Å². The summed E-state index contributed by atoms with van der Waals surface area (Å²) in [5, 5.41) is 0. The highest BCUT2D eigenvalue weighted by Crippen LogP contribution is 2.45. The molecule has 3 rings (SSSR count). The normalized spacial score (nSPS) is 29.8. The summed E-state index contributed by atoms with van der Waals surface area (Å²) in [5.74, 6) is 0.467. The summed E-state index contributed by atoms with van der Waals surface area (Å²) >= 11 is 0. The second-order valence-electron chi connectivity index (χ2n) is 4.07. The third-order valence-corrected chi connectivity index (χ3v) is 3.63. The first-order valence-corrected chi connectivity index (χ1v) is 4.85. The van der Waals surface area contributed by atoms with Crippen LogP contribution in [-0.2, 0) is 9.59 Å². The average Bonchev–Trinajstić information content (AvgIpc) is 2.68. The van der Waals surface area contributed by atoms with Crippen molar-refractivity contribution in [2.24, 2.45) is 0 Å². The zero-order chi connectivity index (χ0) is 9.05. The second kappa shape index (κ2) is 2.05. The third kappa shape index (κ3) is 0.677. The Kier molecular flexibility index (Phi) is 1.16. The van der Waals surface area contributed by atoms with Gasteiger partial charge in [-0.15, -0.1) is 0 Å². The zero-order valence-corrected chi connectivity index (χ0v) is 7.45. The Morgan fingerprint density at radius 3 is 1.85 bits per heavy atom. The highest BCUT2D eigenvalue weighted by Gasteiger charge is 2.57. The molecule has 0 N–H and O–H groups in total. The molecule has 4 heteroatoms. The largest absolute Gasteiger partial charge is 0.318 e. The molecule has 3 heterocycles. The van der Waals surface area contributed by atoms with Crippen LogP contribution in [0.25, 0.3) is 0 Å². The lowest BCUT2D eigenvalue weighted by atomic mass is 10.1. The smallest absolute Gasteiger partial charge is 0.224 e. The Morgan fingerprint density at radius 2 is 1.38 bits per heavy atom.